The summed E-state index contributed by atoms with van der Waals surface area (Å²) in [5, 5.41) is 23.6. The second-order valence-electron chi connectivity index (χ2n) is 2.69. The van der Waals surface area contributed by atoms with Gasteiger partial charge < -0.3 is 26.2 Å². The number of carbonyl (C=O) groups is 3. The zero-order valence-electron chi connectivity index (χ0n) is 7.48. The molecule has 0 aromatic rings. The second-order valence-corrected chi connectivity index (χ2v) is 2.69. The summed E-state index contributed by atoms with van der Waals surface area (Å²) < 4.78 is 0. The predicted molar refractivity (Wildman–Crippen MR) is 46.0 cm³/mol. The summed E-state index contributed by atoms with van der Waals surface area (Å²) in [5.41, 5.74) is -0.187. The van der Waals surface area contributed by atoms with Gasteiger partial charge in [-0.1, -0.05) is 0 Å². The van der Waals surface area contributed by atoms with Crippen LogP contribution in [0.25, 0.3) is 0 Å². The van der Waals surface area contributed by atoms with Crippen molar-refractivity contribution in [3.05, 3.63) is 11.8 Å². The second kappa shape index (κ2) is 4.42. The van der Waals surface area contributed by atoms with Gasteiger partial charge in [0.05, 0.1) is 0 Å². The van der Waals surface area contributed by atoms with Crippen molar-refractivity contribution < 1.29 is 24.6 Å². The van der Waals surface area contributed by atoms with Gasteiger partial charge in [0, 0.05) is 6.08 Å². The van der Waals surface area contributed by atoms with E-state index in [-0.39, 0.29) is 5.70 Å². The number of aliphatic carboxylic acids is 1. The standard InChI is InChI=1S/C7H9N3O5/c11-4-1-3(9-7(15)10-4)6(14)8-2-5(12)13/h1,7,9,15H,2H2,(H,8,14)(H,10,11)(H,12,13). The molecule has 1 aliphatic heterocycles. The van der Waals surface area contributed by atoms with Crippen LogP contribution in [0.5, 0.6) is 0 Å². The van der Waals surface area contributed by atoms with E-state index in [9.17, 15) is 14.4 Å². The Morgan fingerprint density at radius 2 is 2.13 bits per heavy atom. The van der Waals surface area contributed by atoms with E-state index >= 15 is 0 Å². The average Bonchev–Trinajstić information content (AvgIpc) is 2.12. The minimum Gasteiger partial charge on any atom is -0.480 e. The first kappa shape index (κ1) is 11.0. The molecule has 2 amide bonds. The van der Waals surface area contributed by atoms with Crippen molar-refractivity contribution in [3.8, 4) is 0 Å². The summed E-state index contributed by atoms with van der Waals surface area (Å²) in [6, 6.07) is 0. The van der Waals surface area contributed by atoms with Crippen LogP contribution in [0.2, 0.25) is 0 Å². The quantitative estimate of drug-likeness (QED) is 0.343. The molecule has 1 aliphatic rings. The van der Waals surface area contributed by atoms with E-state index in [0.29, 0.717) is 0 Å². The first-order valence-corrected chi connectivity index (χ1v) is 3.96. The lowest BCUT2D eigenvalue weighted by Crippen LogP contribution is -2.51. The van der Waals surface area contributed by atoms with Crippen molar-refractivity contribution in [1.29, 1.82) is 0 Å². The molecular formula is C7H9N3O5. The molecule has 1 rings (SSSR count). The third-order valence-corrected chi connectivity index (χ3v) is 1.49. The molecule has 0 aliphatic carbocycles. The van der Waals surface area contributed by atoms with E-state index in [0.717, 1.165) is 6.08 Å². The zero-order chi connectivity index (χ0) is 11.4. The van der Waals surface area contributed by atoms with Crippen LogP contribution in [-0.2, 0) is 14.4 Å². The van der Waals surface area contributed by atoms with E-state index in [1.165, 1.54) is 0 Å². The SMILES string of the molecule is O=C(O)CNC(=O)C1=CC(=O)NC(O)N1. The predicted octanol–water partition coefficient (Wildman–Crippen LogP) is -2.93. The Labute approximate surface area is 84.0 Å². The highest BCUT2D eigenvalue weighted by molar-refractivity contribution is 6.02. The van der Waals surface area contributed by atoms with Crippen LogP contribution in [-0.4, -0.2) is 40.9 Å². The van der Waals surface area contributed by atoms with Crippen LogP contribution in [0.15, 0.2) is 11.8 Å². The summed E-state index contributed by atoms with van der Waals surface area (Å²) >= 11 is 0. The maximum Gasteiger partial charge on any atom is 0.322 e. The molecule has 1 atom stereocenters. The van der Waals surface area contributed by atoms with E-state index in [1.807, 2.05) is 5.32 Å². The Bertz CT molecular complexity index is 338. The van der Waals surface area contributed by atoms with Gasteiger partial charge in [-0.25, -0.2) is 0 Å². The van der Waals surface area contributed by atoms with Crippen molar-refractivity contribution >= 4 is 17.8 Å². The number of carboxylic acids is 1. The lowest BCUT2D eigenvalue weighted by molar-refractivity contribution is -0.137. The van der Waals surface area contributed by atoms with Crippen molar-refractivity contribution in [2.75, 3.05) is 6.54 Å². The molecule has 0 aromatic heterocycles. The Balaban J connectivity index is 2.59. The number of aliphatic hydroxyl groups is 1. The number of aliphatic hydroxyl groups excluding tert-OH is 1. The average molecular weight is 215 g/mol. The van der Waals surface area contributed by atoms with Gasteiger partial charge in [-0.3, -0.25) is 14.4 Å². The van der Waals surface area contributed by atoms with Crippen LogP contribution in [0, 0.1) is 0 Å². The lowest BCUT2D eigenvalue weighted by atomic mass is 10.3. The first-order valence-electron chi connectivity index (χ1n) is 3.96. The molecule has 8 heteroatoms. The number of amides is 2. The summed E-state index contributed by atoms with van der Waals surface area (Å²) in [7, 11) is 0. The number of carbonyl (C=O) groups excluding carboxylic acids is 2. The van der Waals surface area contributed by atoms with Crippen molar-refractivity contribution in [2.24, 2.45) is 0 Å². The fourth-order valence-corrected chi connectivity index (χ4v) is 0.915. The molecular weight excluding hydrogens is 206 g/mol. The van der Waals surface area contributed by atoms with Crippen molar-refractivity contribution in [3.63, 3.8) is 0 Å². The maximum absolute atomic E-state index is 11.2. The largest absolute Gasteiger partial charge is 0.480 e. The van der Waals surface area contributed by atoms with E-state index in [4.69, 9.17) is 10.2 Å². The van der Waals surface area contributed by atoms with Crippen LogP contribution in [0.4, 0.5) is 0 Å². The summed E-state index contributed by atoms with van der Waals surface area (Å²) in [5.74, 6) is -2.61. The molecule has 1 unspecified atom stereocenters. The smallest absolute Gasteiger partial charge is 0.322 e. The summed E-state index contributed by atoms with van der Waals surface area (Å²) in [6.07, 6.45) is -0.433. The minimum absolute atomic E-state index is 0.187. The zero-order valence-corrected chi connectivity index (χ0v) is 7.48. The van der Waals surface area contributed by atoms with Gasteiger partial charge in [-0.2, -0.15) is 0 Å². The normalized spacial score (nSPS) is 19.7. The molecule has 5 N–H and O–H groups in total. The Kier molecular flexibility index (Phi) is 3.24. The molecule has 0 aromatic carbocycles. The van der Waals surface area contributed by atoms with Gasteiger partial charge in [0.25, 0.3) is 5.91 Å². The molecule has 0 fully saturated rings. The summed E-state index contributed by atoms with van der Waals surface area (Å²) in [4.78, 5) is 32.2. The molecule has 15 heavy (non-hydrogen) atoms. The van der Waals surface area contributed by atoms with E-state index in [2.05, 4.69) is 10.6 Å². The Hall–Kier alpha value is -2.09. The van der Waals surface area contributed by atoms with E-state index in [1.54, 1.807) is 0 Å². The molecule has 1 heterocycles. The summed E-state index contributed by atoms with van der Waals surface area (Å²) in [6.45, 7) is -0.560. The van der Waals surface area contributed by atoms with Gasteiger partial charge in [-0.15, -0.1) is 0 Å². The van der Waals surface area contributed by atoms with Crippen LogP contribution in [0.3, 0.4) is 0 Å². The van der Waals surface area contributed by atoms with Crippen molar-refractivity contribution in [1.82, 2.24) is 16.0 Å². The maximum atomic E-state index is 11.2. The number of hydrogen-bond acceptors (Lipinski definition) is 5. The third-order valence-electron chi connectivity index (χ3n) is 1.49. The fourth-order valence-electron chi connectivity index (χ4n) is 0.915. The molecule has 0 saturated heterocycles. The molecule has 8 nitrogen and oxygen atoms in total. The minimum atomic E-state index is -1.35. The lowest BCUT2D eigenvalue weighted by Gasteiger charge is -2.20. The molecule has 0 spiro atoms. The van der Waals surface area contributed by atoms with Gasteiger partial charge in [0.1, 0.15) is 12.2 Å². The number of nitrogens with one attached hydrogen (secondary N) is 3. The topological polar surface area (TPSA) is 128 Å². The molecule has 0 radical (unpaired) electrons. The van der Waals surface area contributed by atoms with Gasteiger partial charge in [-0.05, 0) is 0 Å². The highest BCUT2D eigenvalue weighted by Gasteiger charge is 2.20. The number of rotatable bonds is 3. The Morgan fingerprint density at radius 1 is 1.47 bits per heavy atom. The van der Waals surface area contributed by atoms with Gasteiger partial charge in [0.15, 0.2) is 0 Å². The molecule has 0 bridgehead atoms. The van der Waals surface area contributed by atoms with Gasteiger partial charge in [0.2, 0.25) is 12.3 Å². The van der Waals surface area contributed by atoms with Crippen LogP contribution < -0.4 is 16.0 Å². The molecule has 82 valence electrons. The van der Waals surface area contributed by atoms with Gasteiger partial charge >= 0.3 is 5.97 Å². The first-order chi connectivity index (χ1) is 6.99. The third kappa shape index (κ3) is 3.27. The van der Waals surface area contributed by atoms with Crippen molar-refractivity contribution in [2.45, 2.75) is 6.35 Å². The Morgan fingerprint density at radius 3 is 2.67 bits per heavy atom. The molecule has 0 saturated carbocycles. The van der Waals surface area contributed by atoms with E-state index < -0.39 is 30.7 Å². The highest BCUT2D eigenvalue weighted by Crippen LogP contribution is 1.96. The number of carboxylic acid groups (broad SMARTS) is 1. The highest BCUT2D eigenvalue weighted by atomic mass is 16.4. The van der Waals surface area contributed by atoms with Crippen LogP contribution >= 0.6 is 0 Å². The monoisotopic (exact) mass is 215 g/mol. The van der Waals surface area contributed by atoms with Crippen LogP contribution in [0.1, 0.15) is 0 Å². The fraction of sp³-hybridized carbons (Fsp3) is 0.286. The number of hydrogen-bond donors (Lipinski definition) is 5.